The Morgan fingerprint density at radius 3 is 2.49 bits per heavy atom. The summed E-state index contributed by atoms with van der Waals surface area (Å²) in [5.74, 6) is -0.120. The molecule has 1 N–H and O–H groups in total. The molecule has 1 aromatic carbocycles. The number of sulfonamides is 1. The number of nitrogens with one attached hydrogen (secondary N) is 1. The van der Waals surface area contributed by atoms with Crippen molar-refractivity contribution in [1.29, 1.82) is 0 Å². The van der Waals surface area contributed by atoms with Crippen molar-refractivity contribution in [3.05, 3.63) is 48.2 Å². The molecule has 0 aliphatic rings. The average Bonchev–Trinajstić information content (AvgIpc) is 3.15. The Labute approximate surface area is 197 Å². The predicted octanol–water partition coefficient (Wildman–Crippen LogP) is 3.68. The van der Waals surface area contributed by atoms with Gasteiger partial charge in [-0.15, -0.1) is 0 Å². The molecule has 0 atom stereocenters. The van der Waals surface area contributed by atoms with Crippen LogP contribution in [0.5, 0.6) is 11.6 Å². The molecule has 0 saturated carbocycles. The molecule has 0 unspecified atom stereocenters. The van der Waals surface area contributed by atoms with Crippen LogP contribution in [0.2, 0.25) is 0 Å². The largest absolute Gasteiger partial charge is 0.495 e. The highest BCUT2D eigenvalue weighted by Gasteiger charge is 2.37. The first-order valence-corrected chi connectivity index (χ1v) is 12.0. The van der Waals surface area contributed by atoms with E-state index < -0.39 is 27.5 Å². The summed E-state index contributed by atoms with van der Waals surface area (Å²) in [6.45, 7) is 2.08. The number of imidazole rings is 1. The van der Waals surface area contributed by atoms with E-state index in [0.29, 0.717) is 6.61 Å². The first-order chi connectivity index (χ1) is 16.5. The summed E-state index contributed by atoms with van der Waals surface area (Å²) in [4.78, 5) is 17.0. The van der Waals surface area contributed by atoms with E-state index in [9.17, 15) is 21.6 Å². The Morgan fingerprint density at radius 2 is 1.83 bits per heavy atom. The summed E-state index contributed by atoms with van der Waals surface area (Å²) in [5, 5.41) is 0. The fourth-order valence-electron chi connectivity index (χ4n) is 3.39. The van der Waals surface area contributed by atoms with E-state index >= 15 is 0 Å². The summed E-state index contributed by atoms with van der Waals surface area (Å²) in [7, 11) is -2.51. The SMILES string of the molecule is CCOc1cccc(-c2nc3ncc(NS(C)(=O)=O)nc3n2-c2c(OC)cccc2C(F)(F)F)n1. The molecule has 3 heterocycles. The van der Waals surface area contributed by atoms with Crippen molar-refractivity contribution < 1.29 is 31.1 Å². The topological polar surface area (TPSA) is 121 Å². The summed E-state index contributed by atoms with van der Waals surface area (Å²) in [6, 6.07) is 8.20. The molecule has 0 amide bonds. The molecule has 0 aliphatic carbocycles. The first kappa shape index (κ1) is 24.2. The van der Waals surface area contributed by atoms with Crippen LogP contribution < -0.4 is 14.2 Å². The summed E-state index contributed by atoms with van der Waals surface area (Å²) in [5.41, 5.74) is -1.45. The van der Waals surface area contributed by atoms with Crippen LogP contribution in [-0.4, -0.2) is 52.9 Å². The van der Waals surface area contributed by atoms with Gasteiger partial charge in [0.2, 0.25) is 15.9 Å². The van der Waals surface area contributed by atoms with E-state index in [0.717, 1.165) is 23.1 Å². The normalized spacial score (nSPS) is 12.1. The monoisotopic (exact) mass is 508 g/mol. The van der Waals surface area contributed by atoms with Gasteiger partial charge in [-0.1, -0.05) is 12.1 Å². The van der Waals surface area contributed by atoms with Gasteiger partial charge in [-0.3, -0.25) is 9.29 Å². The van der Waals surface area contributed by atoms with E-state index in [-0.39, 0.29) is 40.3 Å². The molecule has 4 aromatic rings. The fraction of sp³-hybridized carbons (Fsp3) is 0.238. The number of alkyl halides is 3. The number of para-hydroxylation sites is 1. The van der Waals surface area contributed by atoms with Gasteiger partial charge < -0.3 is 9.47 Å². The summed E-state index contributed by atoms with van der Waals surface area (Å²) >= 11 is 0. The van der Waals surface area contributed by atoms with Gasteiger partial charge in [-0.2, -0.15) is 13.2 Å². The van der Waals surface area contributed by atoms with Crippen molar-refractivity contribution in [1.82, 2.24) is 24.5 Å². The number of anilines is 1. The van der Waals surface area contributed by atoms with Gasteiger partial charge in [0, 0.05) is 6.07 Å². The second kappa shape index (κ2) is 9.02. The van der Waals surface area contributed by atoms with Gasteiger partial charge in [0.1, 0.15) is 17.1 Å². The fourth-order valence-corrected chi connectivity index (χ4v) is 3.87. The van der Waals surface area contributed by atoms with E-state index in [2.05, 4.69) is 24.7 Å². The molecule has 0 fully saturated rings. The molecule has 0 saturated heterocycles. The van der Waals surface area contributed by atoms with Crippen LogP contribution >= 0.6 is 0 Å². The minimum atomic E-state index is -4.77. The number of ether oxygens (including phenoxy) is 2. The Morgan fingerprint density at radius 1 is 1.09 bits per heavy atom. The van der Waals surface area contributed by atoms with Crippen molar-refractivity contribution in [3.8, 4) is 28.8 Å². The maximum Gasteiger partial charge on any atom is 0.418 e. The van der Waals surface area contributed by atoms with E-state index in [1.54, 1.807) is 25.1 Å². The van der Waals surface area contributed by atoms with Crippen LogP contribution in [-0.2, 0) is 16.2 Å². The van der Waals surface area contributed by atoms with Crippen molar-refractivity contribution in [2.45, 2.75) is 13.1 Å². The molecule has 35 heavy (non-hydrogen) atoms. The van der Waals surface area contributed by atoms with Gasteiger partial charge in [-0.25, -0.2) is 28.4 Å². The third-order valence-corrected chi connectivity index (χ3v) is 5.23. The van der Waals surface area contributed by atoms with Gasteiger partial charge in [0.25, 0.3) is 0 Å². The lowest BCUT2D eigenvalue weighted by atomic mass is 10.1. The van der Waals surface area contributed by atoms with Crippen molar-refractivity contribution in [2.75, 3.05) is 24.7 Å². The number of hydrogen-bond acceptors (Lipinski definition) is 8. The molecular weight excluding hydrogens is 489 g/mol. The number of halogens is 3. The smallest absolute Gasteiger partial charge is 0.418 e. The van der Waals surface area contributed by atoms with Crippen LogP contribution in [0.15, 0.2) is 42.6 Å². The maximum absolute atomic E-state index is 14.1. The standard InChI is InChI=1S/C21H19F3N6O4S/c1-4-34-16-10-6-8-13(26-16)19-28-18-20(27-15(11-25-18)29-35(3,31)32)30(19)17-12(21(22,23)24)7-5-9-14(17)33-2/h5-11H,4H2,1-3H3,(H,27,29). The Hall–Kier alpha value is -3.94. The van der Waals surface area contributed by atoms with Gasteiger partial charge in [0.05, 0.1) is 31.7 Å². The van der Waals surface area contributed by atoms with Crippen molar-refractivity contribution >= 4 is 27.1 Å². The number of benzene rings is 1. The minimum Gasteiger partial charge on any atom is -0.495 e. The molecular formula is C21H19F3N6O4S. The number of pyridine rings is 1. The second-order valence-corrected chi connectivity index (χ2v) is 8.94. The lowest BCUT2D eigenvalue weighted by Gasteiger charge is -2.18. The Bertz CT molecular complexity index is 1500. The number of aromatic nitrogens is 5. The molecule has 0 aliphatic heterocycles. The van der Waals surface area contributed by atoms with Crippen LogP contribution in [0, 0.1) is 0 Å². The third-order valence-electron chi connectivity index (χ3n) is 4.65. The highest BCUT2D eigenvalue weighted by atomic mass is 32.2. The van der Waals surface area contributed by atoms with Crippen LogP contribution in [0.25, 0.3) is 28.5 Å². The highest BCUT2D eigenvalue weighted by Crippen LogP contribution is 2.41. The van der Waals surface area contributed by atoms with Gasteiger partial charge >= 0.3 is 6.18 Å². The maximum atomic E-state index is 14.1. The minimum absolute atomic E-state index is 0.0342. The van der Waals surface area contributed by atoms with Crippen LogP contribution in [0.4, 0.5) is 19.0 Å². The van der Waals surface area contributed by atoms with Crippen molar-refractivity contribution in [2.24, 2.45) is 0 Å². The molecule has 0 spiro atoms. The van der Waals surface area contributed by atoms with Crippen LogP contribution in [0.1, 0.15) is 12.5 Å². The zero-order chi connectivity index (χ0) is 25.4. The number of nitrogens with zero attached hydrogens (tertiary/aromatic N) is 5. The van der Waals surface area contributed by atoms with Crippen LogP contribution in [0.3, 0.4) is 0 Å². The van der Waals surface area contributed by atoms with E-state index in [1.807, 2.05) is 0 Å². The van der Waals surface area contributed by atoms with E-state index in [4.69, 9.17) is 9.47 Å². The quantitative estimate of drug-likeness (QED) is 0.401. The summed E-state index contributed by atoms with van der Waals surface area (Å²) < 4.78 is 79.7. The predicted molar refractivity (Wildman–Crippen MR) is 121 cm³/mol. The number of rotatable bonds is 7. The lowest BCUT2D eigenvalue weighted by Crippen LogP contribution is -2.14. The Balaban J connectivity index is 2.11. The molecule has 184 valence electrons. The average molecular weight is 508 g/mol. The lowest BCUT2D eigenvalue weighted by molar-refractivity contribution is -0.137. The van der Waals surface area contributed by atoms with Gasteiger partial charge in [0.15, 0.2) is 22.9 Å². The number of fused-ring (bicyclic) bond motifs is 1. The second-order valence-electron chi connectivity index (χ2n) is 7.20. The zero-order valence-corrected chi connectivity index (χ0v) is 19.5. The third kappa shape index (κ3) is 4.96. The molecule has 4 rings (SSSR count). The number of methoxy groups -OCH3 is 1. The first-order valence-electron chi connectivity index (χ1n) is 10.1. The molecule has 3 aromatic heterocycles. The Kier molecular flexibility index (Phi) is 6.23. The molecule has 10 nitrogen and oxygen atoms in total. The van der Waals surface area contributed by atoms with E-state index in [1.165, 1.54) is 19.2 Å². The zero-order valence-electron chi connectivity index (χ0n) is 18.7. The molecule has 14 heteroatoms. The highest BCUT2D eigenvalue weighted by molar-refractivity contribution is 7.92. The molecule has 0 radical (unpaired) electrons. The molecule has 0 bridgehead atoms. The van der Waals surface area contributed by atoms with Crippen molar-refractivity contribution in [3.63, 3.8) is 0 Å². The number of hydrogen-bond donors (Lipinski definition) is 1. The van der Waals surface area contributed by atoms with Gasteiger partial charge in [-0.05, 0) is 25.1 Å². The summed E-state index contributed by atoms with van der Waals surface area (Å²) in [6.07, 6.45) is -2.75.